The number of hydrogen-bond acceptors (Lipinski definition) is 6. The molecule has 0 spiro atoms. The third kappa shape index (κ3) is 2.88. The third-order valence-electron chi connectivity index (χ3n) is 4.18. The van der Waals surface area contributed by atoms with Crippen molar-refractivity contribution in [1.29, 1.82) is 0 Å². The zero-order valence-corrected chi connectivity index (χ0v) is 13.5. The van der Waals surface area contributed by atoms with Crippen LogP contribution in [0.25, 0.3) is 0 Å². The average molecular weight is 341 g/mol. The van der Waals surface area contributed by atoms with Gasteiger partial charge in [0.05, 0.1) is 30.2 Å². The van der Waals surface area contributed by atoms with E-state index in [1.165, 1.54) is 7.05 Å². The number of nitrogens with one attached hydrogen (secondary N) is 2. The van der Waals surface area contributed by atoms with Gasteiger partial charge in [-0.15, -0.1) is 0 Å². The first-order chi connectivity index (χ1) is 11.3. The maximum Gasteiger partial charge on any atom is 0.421 e. The number of nitrogens with zero attached hydrogens (tertiary/aromatic N) is 5. The van der Waals surface area contributed by atoms with Gasteiger partial charge in [0.2, 0.25) is 5.95 Å². The Labute approximate surface area is 136 Å². The zero-order valence-electron chi connectivity index (χ0n) is 13.5. The zero-order chi connectivity index (χ0) is 17.5. The van der Waals surface area contributed by atoms with Crippen molar-refractivity contribution < 1.29 is 13.2 Å². The number of rotatable bonds is 3. The van der Waals surface area contributed by atoms with Gasteiger partial charge in [-0.05, 0) is 14.0 Å². The topological polar surface area (TPSA) is 70.9 Å². The van der Waals surface area contributed by atoms with Crippen LogP contribution in [-0.2, 0) is 12.7 Å². The molecule has 130 valence electrons. The molecule has 0 amide bonds. The van der Waals surface area contributed by atoms with Crippen molar-refractivity contribution in [2.45, 2.75) is 25.7 Å². The Morgan fingerprint density at radius 1 is 1.25 bits per heavy atom. The second-order valence-electron chi connectivity index (χ2n) is 5.65. The van der Waals surface area contributed by atoms with Gasteiger partial charge >= 0.3 is 6.18 Å². The first-order valence-electron chi connectivity index (χ1n) is 7.46. The van der Waals surface area contributed by atoms with E-state index in [0.29, 0.717) is 5.69 Å². The highest BCUT2D eigenvalue weighted by molar-refractivity contribution is 5.59. The molecule has 10 heteroatoms. The summed E-state index contributed by atoms with van der Waals surface area (Å²) >= 11 is 0. The van der Waals surface area contributed by atoms with Gasteiger partial charge in [0.1, 0.15) is 11.4 Å². The molecule has 0 aromatic carbocycles. The number of hydrogen-bond donors (Lipinski definition) is 2. The Morgan fingerprint density at radius 3 is 2.67 bits per heavy atom. The molecule has 3 rings (SSSR count). The van der Waals surface area contributed by atoms with E-state index >= 15 is 0 Å². The summed E-state index contributed by atoms with van der Waals surface area (Å²) in [4.78, 5) is 9.89. The van der Waals surface area contributed by atoms with Gasteiger partial charge in [-0.3, -0.25) is 9.58 Å². The minimum absolute atomic E-state index is 0.0866. The second-order valence-corrected chi connectivity index (χ2v) is 5.65. The van der Waals surface area contributed by atoms with Crippen LogP contribution in [0.1, 0.15) is 24.2 Å². The predicted molar refractivity (Wildman–Crippen MR) is 83.1 cm³/mol. The molecule has 24 heavy (non-hydrogen) atoms. The summed E-state index contributed by atoms with van der Waals surface area (Å²) in [5.74, 6) is -0.185. The van der Waals surface area contributed by atoms with Gasteiger partial charge < -0.3 is 10.6 Å². The molecule has 0 bridgehead atoms. The fourth-order valence-electron chi connectivity index (χ4n) is 2.73. The molecule has 2 N–H and O–H groups in total. The van der Waals surface area contributed by atoms with Crippen LogP contribution in [0.4, 0.5) is 30.6 Å². The maximum atomic E-state index is 12.9. The van der Waals surface area contributed by atoms with Crippen molar-refractivity contribution >= 4 is 17.5 Å². The van der Waals surface area contributed by atoms with Crippen LogP contribution in [0.3, 0.4) is 0 Å². The average Bonchev–Trinajstić information content (AvgIpc) is 2.93. The molecular weight excluding hydrogens is 323 g/mol. The Morgan fingerprint density at radius 2 is 2.00 bits per heavy atom. The van der Waals surface area contributed by atoms with Crippen LogP contribution in [0.2, 0.25) is 0 Å². The van der Waals surface area contributed by atoms with Gasteiger partial charge in [-0.1, -0.05) is 0 Å². The Hall–Kier alpha value is -2.36. The van der Waals surface area contributed by atoms with Crippen molar-refractivity contribution in [3.63, 3.8) is 0 Å². The van der Waals surface area contributed by atoms with Crippen molar-refractivity contribution in [1.82, 2.24) is 24.6 Å². The number of aromatic nitrogens is 4. The lowest BCUT2D eigenvalue weighted by Crippen LogP contribution is -2.34. The van der Waals surface area contributed by atoms with E-state index in [4.69, 9.17) is 0 Å². The summed E-state index contributed by atoms with van der Waals surface area (Å²) in [6, 6.07) is 0.127. The van der Waals surface area contributed by atoms with Crippen molar-refractivity contribution in [3.8, 4) is 0 Å². The first-order valence-corrected chi connectivity index (χ1v) is 7.46. The van der Waals surface area contributed by atoms with E-state index in [1.54, 1.807) is 6.20 Å². The molecule has 7 nitrogen and oxygen atoms in total. The molecule has 0 fully saturated rings. The lowest BCUT2D eigenvalue weighted by molar-refractivity contribution is -0.137. The first kappa shape index (κ1) is 16.5. The number of halogens is 3. The largest absolute Gasteiger partial charge is 0.421 e. The summed E-state index contributed by atoms with van der Waals surface area (Å²) in [6.45, 7) is 3.69. The predicted octanol–water partition coefficient (Wildman–Crippen LogP) is 2.48. The molecule has 2 aromatic heterocycles. The molecule has 0 saturated heterocycles. The Bertz CT molecular complexity index is 740. The van der Waals surface area contributed by atoms with E-state index in [9.17, 15) is 13.2 Å². The summed E-state index contributed by atoms with van der Waals surface area (Å²) in [5, 5.41) is 9.75. The van der Waals surface area contributed by atoms with E-state index in [0.717, 1.165) is 25.0 Å². The van der Waals surface area contributed by atoms with Crippen LogP contribution in [0, 0.1) is 0 Å². The molecule has 1 aliphatic heterocycles. The summed E-state index contributed by atoms with van der Waals surface area (Å²) in [7, 11) is 3.40. The van der Waals surface area contributed by atoms with E-state index in [-0.39, 0.29) is 17.8 Å². The van der Waals surface area contributed by atoms with Crippen molar-refractivity contribution in [2.24, 2.45) is 0 Å². The van der Waals surface area contributed by atoms with Gasteiger partial charge in [-0.25, -0.2) is 4.98 Å². The third-order valence-corrected chi connectivity index (χ3v) is 4.18. The van der Waals surface area contributed by atoms with E-state index < -0.39 is 11.7 Å². The van der Waals surface area contributed by atoms with Gasteiger partial charge in [0, 0.05) is 19.8 Å². The minimum Gasteiger partial charge on any atom is -0.372 e. The van der Waals surface area contributed by atoms with E-state index in [1.807, 2.05) is 18.7 Å². The monoisotopic (exact) mass is 341 g/mol. The van der Waals surface area contributed by atoms with Crippen LogP contribution >= 0.6 is 0 Å². The molecule has 0 saturated carbocycles. The highest BCUT2D eigenvalue weighted by atomic mass is 19.4. The molecule has 0 aliphatic carbocycles. The SMILES string of the molecule is CNc1nc(Nc2cnn3c2[C@H](C)N(C)CC3)ncc1C(F)(F)F. The number of anilines is 3. The number of likely N-dealkylation sites (N-methyl/N-ethyl adjacent to an activating group) is 1. The number of fused-ring (bicyclic) bond motifs is 1. The summed E-state index contributed by atoms with van der Waals surface area (Å²) in [6.07, 6.45) is -2.09. The van der Waals surface area contributed by atoms with Gasteiger partial charge in [-0.2, -0.15) is 23.3 Å². The lowest BCUT2D eigenvalue weighted by atomic mass is 10.1. The Kier molecular flexibility index (Phi) is 4.08. The highest BCUT2D eigenvalue weighted by Gasteiger charge is 2.35. The minimum atomic E-state index is -4.51. The standard InChI is InChI=1S/C14H18F3N7/c1-8-11-10(7-20-24(11)5-4-23(8)3)21-13-19-6-9(14(15,16)17)12(18-2)22-13/h6-8H,4-5H2,1-3H3,(H2,18,19,21,22)/t8-/m0/s1. The smallest absolute Gasteiger partial charge is 0.372 e. The molecule has 0 radical (unpaired) electrons. The summed E-state index contributed by atoms with van der Waals surface area (Å²) < 4.78 is 40.6. The molecule has 0 unspecified atom stereocenters. The molecular formula is C14H18F3N7. The fourth-order valence-corrected chi connectivity index (χ4v) is 2.73. The highest BCUT2D eigenvalue weighted by Crippen LogP contribution is 2.35. The second kappa shape index (κ2) is 5.93. The fraction of sp³-hybridized carbons (Fsp3) is 0.500. The van der Waals surface area contributed by atoms with Crippen molar-refractivity contribution in [2.75, 3.05) is 31.3 Å². The number of alkyl halides is 3. The van der Waals surface area contributed by atoms with E-state index in [2.05, 4.69) is 30.6 Å². The molecule has 1 aliphatic rings. The lowest BCUT2D eigenvalue weighted by Gasteiger charge is -2.31. The molecule has 1 atom stereocenters. The molecule has 3 heterocycles. The van der Waals surface area contributed by atoms with Gasteiger partial charge in [0.25, 0.3) is 0 Å². The normalized spacial score (nSPS) is 18.3. The van der Waals surface area contributed by atoms with Gasteiger partial charge in [0.15, 0.2) is 0 Å². The Balaban J connectivity index is 1.92. The van der Waals surface area contributed by atoms with Crippen LogP contribution < -0.4 is 10.6 Å². The molecule has 2 aromatic rings. The van der Waals surface area contributed by atoms with Crippen molar-refractivity contribution in [3.05, 3.63) is 23.7 Å². The summed E-state index contributed by atoms with van der Waals surface area (Å²) in [5.41, 5.74) is 0.745. The maximum absolute atomic E-state index is 12.9. The quantitative estimate of drug-likeness (QED) is 0.894. The van der Waals surface area contributed by atoms with Crippen LogP contribution in [-0.4, -0.2) is 45.3 Å². The van der Waals surface area contributed by atoms with Crippen LogP contribution in [0.5, 0.6) is 0 Å². The van der Waals surface area contributed by atoms with Crippen LogP contribution in [0.15, 0.2) is 12.4 Å².